The highest BCUT2D eigenvalue weighted by molar-refractivity contribution is 6.88. The number of ether oxygens (including phenoxy) is 3. The van der Waals surface area contributed by atoms with Crippen LogP contribution in [0.25, 0.3) is 0 Å². The van der Waals surface area contributed by atoms with Crippen molar-refractivity contribution in [2.75, 3.05) is 38.6 Å². The van der Waals surface area contributed by atoms with E-state index in [0.29, 0.717) is 28.4 Å². The Morgan fingerprint density at radius 1 is 0.952 bits per heavy atom. The topological polar surface area (TPSA) is 85.8 Å². The van der Waals surface area contributed by atoms with Crippen molar-refractivity contribution in [3.63, 3.8) is 0 Å². The summed E-state index contributed by atoms with van der Waals surface area (Å²) in [7, 11) is 4.30. The summed E-state index contributed by atoms with van der Waals surface area (Å²) in [6.07, 6.45) is 2.99. The number of rotatable bonds is 10. The molecule has 1 N–H and O–H groups in total. The molecule has 2 heterocycles. The molecule has 0 radical (unpaired) electrons. The summed E-state index contributed by atoms with van der Waals surface area (Å²) in [4.78, 5) is 23.0. The van der Waals surface area contributed by atoms with Gasteiger partial charge in [-0.05, 0) is 42.0 Å². The molecular weight excluding hydrogens is 558 g/mol. The quantitative estimate of drug-likeness (QED) is 0.172. The molecular formula is C31H34F2N4O4Si. The lowest BCUT2D eigenvalue weighted by molar-refractivity contribution is 0.0601. The van der Waals surface area contributed by atoms with Crippen molar-refractivity contribution < 1.29 is 27.8 Å². The number of carbonyl (C=O) groups excluding carboxylic acids is 1. The zero-order valence-electron chi connectivity index (χ0n) is 24.7. The first-order valence-corrected chi connectivity index (χ1v) is 16.7. The molecule has 0 aliphatic rings. The number of pyridine rings is 2. The maximum Gasteiger partial charge on any atom is 0.340 e. The number of carbonyl (C=O) groups is 1. The number of nitrogens with zero attached hydrogens (tertiary/aromatic N) is 3. The van der Waals surface area contributed by atoms with Gasteiger partial charge in [0.15, 0.2) is 11.6 Å². The molecule has 8 nitrogen and oxygen atoms in total. The predicted molar refractivity (Wildman–Crippen MR) is 163 cm³/mol. The van der Waals surface area contributed by atoms with Crippen LogP contribution in [-0.4, -0.2) is 52.4 Å². The molecule has 4 aromatic rings. The maximum absolute atomic E-state index is 15.8. The summed E-state index contributed by atoms with van der Waals surface area (Å²) in [5.74, 6) is -0.447. The van der Waals surface area contributed by atoms with Gasteiger partial charge in [0, 0.05) is 31.4 Å². The van der Waals surface area contributed by atoms with Crippen LogP contribution < -0.4 is 24.9 Å². The van der Waals surface area contributed by atoms with Crippen molar-refractivity contribution in [2.45, 2.75) is 26.1 Å². The summed E-state index contributed by atoms with van der Waals surface area (Å²) in [5.41, 5.74) is 1.94. The minimum Gasteiger partial charge on any atom is -0.497 e. The summed E-state index contributed by atoms with van der Waals surface area (Å²) < 4.78 is 46.4. The highest BCUT2D eigenvalue weighted by Crippen LogP contribution is 2.36. The number of benzene rings is 2. The maximum atomic E-state index is 15.8. The van der Waals surface area contributed by atoms with Gasteiger partial charge in [0.25, 0.3) is 0 Å². The van der Waals surface area contributed by atoms with Crippen molar-refractivity contribution in [3.8, 4) is 11.5 Å². The van der Waals surface area contributed by atoms with E-state index in [1.165, 1.54) is 38.7 Å². The van der Waals surface area contributed by atoms with E-state index in [1.807, 2.05) is 6.07 Å². The SMILES string of the molecule is COC(=O)c1cc(Cc2ccnc(N(C)c3ccc(OC)cc3OC)c2F)ncc1Nc1ccc([Si](C)(C)C)cc1F. The van der Waals surface area contributed by atoms with Crippen molar-refractivity contribution >= 4 is 42.1 Å². The first-order valence-electron chi connectivity index (χ1n) is 13.2. The van der Waals surface area contributed by atoms with Crippen LogP contribution in [0.3, 0.4) is 0 Å². The zero-order valence-corrected chi connectivity index (χ0v) is 25.7. The molecule has 42 heavy (non-hydrogen) atoms. The summed E-state index contributed by atoms with van der Waals surface area (Å²) in [6.45, 7) is 6.40. The lowest BCUT2D eigenvalue weighted by Gasteiger charge is -2.22. The lowest BCUT2D eigenvalue weighted by Crippen LogP contribution is -2.37. The molecule has 0 unspecified atom stereocenters. The van der Waals surface area contributed by atoms with E-state index in [4.69, 9.17) is 14.2 Å². The molecule has 0 atom stereocenters. The van der Waals surface area contributed by atoms with E-state index < -0.39 is 25.7 Å². The van der Waals surface area contributed by atoms with E-state index in [2.05, 4.69) is 34.9 Å². The van der Waals surface area contributed by atoms with Crippen LogP contribution in [0.5, 0.6) is 11.5 Å². The van der Waals surface area contributed by atoms with Gasteiger partial charge in [-0.3, -0.25) is 4.98 Å². The summed E-state index contributed by atoms with van der Waals surface area (Å²) >= 11 is 0. The van der Waals surface area contributed by atoms with E-state index in [1.54, 1.807) is 49.4 Å². The minimum atomic E-state index is -1.71. The van der Waals surface area contributed by atoms with Gasteiger partial charge in [-0.25, -0.2) is 18.6 Å². The predicted octanol–water partition coefficient (Wildman–Crippen LogP) is 6.21. The lowest BCUT2D eigenvalue weighted by atomic mass is 10.1. The molecule has 0 saturated carbocycles. The number of aromatic nitrogens is 2. The van der Waals surface area contributed by atoms with E-state index in [9.17, 15) is 9.18 Å². The Morgan fingerprint density at radius 2 is 1.71 bits per heavy atom. The molecule has 0 saturated heterocycles. The van der Waals surface area contributed by atoms with Crippen molar-refractivity contribution in [2.24, 2.45) is 0 Å². The number of nitrogens with one attached hydrogen (secondary N) is 1. The second kappa shape index (κ2) is 12.6. The van der Waals surface area contributed by atoms with Crippen molar-refractivity contribution in [3.05, 3.63) is 89.4 Å². The molecule has 0 aliphatic carbocycles. The molecule has 0 spiro atoms. The van der Waals surface area contributed by atoms with Gasteiger partial charge < -0.3 is 24.4 Å². The van der Waals surface area contributed by atoms with E-state index >= 15 is 4.39 Å². The second-order valence-electron chi connectivity index (χ2n) is 10.7. The third-order valence-electron chi connectivity index (χ3n) is 6.86. The molecule has 220 valence electrons. The van der Waals surface area contributed by atoms with Crippen LogP contribution in [0.2, 0.25) is 19.6 Å². The smallest absolute Gasteiger partial charge is 0.340 e. The first-order chi connectivity index (χ1) is 20.0. The molecule has 0 fully saturated rings. The van der Waals surface area contributed by atoms with Gasteiger partial charge in [0.2, 0.25) is 0 Å². The van der Waals surface area contributed by atoms with Crippen LogP contribution >= 0.6 is 0 Å². The van der Waals surface area contributed by atoms with Gasteiger partial charge in [-0.15, -0.1) is 0 Å². The largest absolute Gasteiger partial charge is 0.497 e. The van der Waals surface area contributed by atoms with E-state index in [-0.39, 0.29) is 29.2 Å². The fraction of sp³-hybridized carbons (Fsp3) is 0.258. The summed E-state index contributed by atoms with van der Waals surface area (Å²) in [6, 6.07) is 13.3. The first kappa shape index (κ1) is 30.4. The Morgan fingerprint density at radius 3 is 2.36 bits per heavy atom. The number of esters is 1. The van der Waals surface area contributed by atoms with Gasteiger partial charge >= 0.3 is 5.97 Å². The number of methoxy groups -OCH3 is 3. The van der Waals surface area contributed by atoms with Gasteiger partial charge in [-0.1, -0.05) is 30.9 Å². The van der Waals surface area contributed by atoms with Crippen LogP contribution in [0, 0.1) is 11.6 Å². The number of hydrogen-bond acceptors (Lipinski definition) is 8. The molecule has 11 heteroatoms. The Hall–Kier alpha value is -4.51. The third-order valence-corrected chi connectivity index (χ3v) is 8.90. The van der Waals surface area contributed by atoms with Gasteiger partial charge in [0.1, 0.15) is 17.3 Å². The van der Waals surface area contributed by atoms with Crippen molar-refractivity contribution in [1.82, 2.24) is 9.97 Å². The van der Waals surface area contributed by atoms with Gasteiger partial charge in [0.05, 0.1) is 58.2 Å². The Kier molecular flexibility index (Phi) is 9.10. The molecule has 0 amide bonds. The molecule has 2 aromatic carbocycles. The zero-order chi connectivity index (χ0) is 30.6. The van der Waals surface area contributed by atoms with Crippen LogP contribution in [0.4, 0.5) is 31.7 Å². The Balaban J connectivity index is 1.64. The fourth-order valence-corrected chi connectivity index (χ4v) is 5.56. The number of anilines is 4. The number of halogens is 2. The fourth-order valence-electron chi connectivity index (χ4n) is 4.41. The standard InChI is InChI=1S/C31H34F2N4O4Si/c1-37(27-11-8-21(39-2)16-28(27)40-3)30-29(33)19(12-13-34-30)14-20-15-23(31(38)41-4)26(18-35-20)36-25-10-9-22(17-24(25)32)42(5,6)7/h8-13,15-18,36H,14H2,1-7H3. The average Bonchev–Trinajstić information content (AvgIpc) is 2.98. The van der Waals surface area contributed by atoms with Crippen molar-refractivity contribution in [1.29, 1.82) is 0 Å². The van der Waals surface area contributed by atoms with Crippen LogP contribution in [0.1, 0.15) is 21.6 Å². The molecule has 2 aromatic heterocycles. The third kappa shape index (κ3) is 6.52. The highest BCUT2D eigenvalue weighted by atomic mass is 28.3. The van der Waals surface area contributed by atoms with Gasteiger partial charge in [-0.2, -0.15) is 0 Å². The molecule has 4 rings (SSSR count). The van der Waals surface area contributed by atoms with Crippen LogP contribution in [0.15, 0.2) is 60.9 Å². The van der Waals surface area contributed by atoms with E-state index in [0.717, 1.165) is 5.19 Å². The average molecular weight is 593 g/mol. The minimum absolute atomic E-state index is 0.0679. The highest BCUT2D eigenvalue weighted by Gasteiger charge is 2.22. The molecule has 0 aliphatic heterocycles. The summed E-state index contributed by atoms with van der Waals surface area (Å²) in [5, 5.41) is 3.94. The Bertz CT molecular complexity index is 1610. The van der Waals surface area contributed by atoms with Crippen LogP contribution in [-0.2, 0) is 11.2 Å². The normalized spacial score (nSPS) is 11.2. The second-order valence-corrected chi connectivity index (χ2v) is 15.7. The monoisotopic (exact) mass is 592 g/mol. The number of hydrogen-bond donors (Lipinski definition) is 1. The Labute approximate surface area is 245 Å². The molecule has 0 bridgehead atoms.